The topological polar surface area (TPSA) is 32.3 Å². The van der Waals surface area contributed by atoms with Crippen LogP contribution in [0.15, 0.2) is 18.2 Å². The van der Waals surface area contributed by atoms with Crippen LogP contribution in [0.5, 0.6) is 5.75 Å². The summed E-state index contributed by atoms with van der Waals surface area (Å²) < 4.78 is 12.2. The Morgan fingerprint density at radius 1 is 1.50 bits per heavy atom. The molecule has 0 radical (unpaired) electrons. The molecule has 1 aromatic rings. The largest absolute Gasteiger partial charge is 0.508 e. The van der Waals surface area contributed by atoms with Gasteiger partial charge in [-0.15, -0.1) is 0 Å². The average Bonchev–Trinajstić information content (AvgIpc) is 2.09. The molecule has 0 spiro atoms. The van der Waals surface area contributed by atoms with Crippen molar-refractivity contribution >= 4 is 0 Å². The Labute approximate surface area is 71.0 Å². The van der Waals surface area contributed by atoms with E-state index in [-0.39, 0.29) is 5.75 Å². The molecule has 0 heterocycles. The van der Waals surface area contributed by atoms with Crippen molar-refractivity contribution in [3.8, 4) is 5.75 Å². The molecule has 0 aliphatic rings. The van der Waals surface area contributed by atoms with Crippen molar-refractivity contribution in [2.45, 2.75) is 13.2 Å². The van der Waals surface area contributed by atoms with Gasteiger partial charge in [-0.1, -0.05) is 6.07 Å². The van der Waals surface area contributed by atoms with Crippen LogP contribution in [0.3, 0.4) is 0 Å². The van der Waals surface area contributed by atoms with Crippen LogP contribution < -0.4 is 5.32 Å². The molecule has 2 nitrogen and oxygen atoms in total. The number of aromatic hydroxyl groups is 1. The van der Waals surface area contributed by atoms with Crippen LogP contribution >= 0.6 is 0 Å². The highest BCUT2D eigenvalue weighted by atomic mass is 19.1. The van der Waals surface area contributed by atoms with Crippen molar-refractivity contribution < 1.29 is 9.50 Å². The van der Waals surface area contributed by atoms with Gasteiger partial charge in [-0.2, -0.15) is 0 Å². The standard InChI is InChI=1S/C9H12FNO/c1-11-6-8-4-7(5-10)2-3-9(8)12/h2-4,11-12H,5-6H2,1H3. The van der Waals surface area contributed by atoms with Gasteiger partial charge in [0.05, 0.1) is 0 Å². The maximum Gasteiger partial charge on any atom is 0.120 e. The van der Waals surface area contributed by atoms with Gasteiger partial charge in [0, 0.05) is 12.1 Å². The van der Waals surface area contributed by atoms with E-state index in [0.717, 1.165) is 5.56 Å². The van der Waals surface area contributed by atoms with E-state index in [9.17, 15) is 9.50 Å². The number of phenolic OH excluding ortho intramolecular Hbond substituents is 1. The molecule has 3 heteroatoms. The second-order valence-corrected chi connectivity index (χ2v) is 2.63. The zero-order valence-electron chi connectivity index (χ0n) is 6.97. The van der Waals surface area contributed by atoms with Gasteiger partial charge < -0.3 is 10.4 Å². The van der Waals surface area contributed by atoms with E-state index >= 15 is 0 Å². The fraction of sp³-hybridized carbons (Fsp3) is 0.333. The molecule has 1 rings (SSSR count). The molecule has 12 heavy (non-hydrogen) atoms. The number of hydrogen-bond donors (Lipinski definition) is 2. The summed E-state index contributed by atoms with van der Waals surface area (Å²) >= 11 is 0. The first-order chi connectivity index (χ1) is 5.77. The van der Waals surface area contributed by atoms with Gasteiger partial charge in [-0.3, -0.25) is 0 Å². The van der Waals surface area contributed by atoms with E-state index in [1.165, 1.54) is 6.07 Å². The molecule has 0 fully saturated rings. The number of phenols is 1. The molecule has 0 amide bonds. The lowest BCUT2D eigenvalue weighted by Crippen LogP contribution is -2.05. The fourth-order valence-electron chi connectivity index (χ4n) is 1.05. The van der Waals surface area contributed by atoms with Crippen molar-refractivity contribution in [3.63, 3.8) is 0 Å². The minimum absolute atomic E-state index is 0.210. The van der Waals surface area contributed by atoms with Crippen LogP contribution in [0.2, 0.25) is 0 Å². The highest BCUT2D eigenvalue weighted by Gasteiger charge is 2.00. The maximum absolute atomic E-state index is 12.2. The predicted molar refractivity (Wildman–Crippen MR) is 45.7 cm³/mol. The molecular weight excluding hydrogens is 157 g/mol. The van der Waals surface area contributed by atoms with Crippen LogP contribution in [0.1, 0.15) is 11.1 Å². The van der Waals surface area contributed by atoms with Gasteiger partial charge in [0.2, 0.25) is 0 Å². The van der Waals surface area contributed by atoms with Crippen LogP contribution in [0.4, 0.5) is 4.39 Å². The predicted octanol–water partition coefficient (Wildman–Crippen LogP) is 1.58. The number of benzene rings is 1. The summed E-state index contributed by atoms with van der Waals surface area (Å²) in [6.45, 7) is 0.0661. The Kier molecular flexibility index (Phi) is 3.05. The Morgan fingerprint density at radius 3 is 2.83 bits per heavy atom. The fourth-order valence-corrected chi connectivity index (χ4v) is 1.05. The van der Waals surface area contributed by atoms with E-state index in [4.69, 9.17) is 0 Å². The minimum atomic E-state index is -0.489. The van der Waals surface area contributed by atoms with Crippen LogP contribution in [0.25, 0.3) is 0 Å². The summed E-state index contributed by atoms with van der Waals surface area (Å²) in [7, 11) is 1.78. The molecule has 66 valence electrons. The second kappa shape index (κ2) is 4.07. The van der Waals surface area contributed by atoms with Crippen molar-refractivity contribution in [1.82, 2.24) is 5.32 Å². The van der Waals surface area contributed by atoms with Crippen LogP contribution in [0, 0.1) is 0 Å². The van der Waals surface area contributed by atoms with Gasteiger partial charge in [0.15, 0.2) is 0 Å². The van der Waals surface area contributed by atoms with Crippen molar-refractivity contribution in [2.75, 3.05) is 7.05 Å². The van der Waals surface area contributed by atoms with Crippen LogP contribution in [-0.2, 0) is 13.2 Å². The molecule has 0 bridgehead atoms. The SMILES string of the molecule is CNCc1cc(CF)ccc1O. The smallest absolute Gasteiger partial charge is 0.120 e. The summed E-state index contributed by atoms with van der Waals surface area (Å²) in [5.41, 5.74) is 1.32. The third-order valence-corrected chi connectivity index (χ3v) is 1.67. The van der Waals surface area contributed by atoms with E-state index in [2.05, 4.69) is 5.32 Å². The van der Waals surface area contributed by atoms with Crippen molar-refractivity contribution in [1.29, 1.82) is 0 Å². The highest BCUT2D eigenvalue weighted by Crippen LogP contribution is 2.18. The molecule has 0 aromatic heterocycles. The lowest BCUT2D eigenvalue weighted by atomic mass is 10.1. The number of nitrogens with one attached hydrogen (secondary N) is 1. The van der Waals surface area contributed by atoms with Crippen molar-refractivity contribution in [2.24, 2.45) is 0 Å². The van der Waals surface area contributed by atoms with E-state index in [0.29, 0.717) is 12.1 Å². The number of alkyl halides is 1. The number of halogens is 1. The summed E-state index contributed by atoms with van der Waals surface area (Å²) in [5, 5.41) is 12.2. The molecule has 1 aromatic carbocycles. The van der Waals surface area contributed by atoms with E-state index in [1.807, 2.05) is 0 Å². The lowest BCUT2D eigenvalue weighted by molar-refractivity contribution is 0.461. The highest BCUT2D eigenvalue weighted by molar-refractivity contribution is 5.35. The Hall–Kier alpha value is -1.09. The molecule has 2 N–H and O–H groups in total. The third-order valence-electron chi connectivity index (χ3n) is 1.67. The third kappa shape index (κ3) is 1.95. The molecule has 0 saturated heterocycles. The maximum atomic E-state index is 12.2. The Bertz CT molecular complexity index is 263. The Balaban J connectivity index is 2.91. The first-order valence-electron chi connectivity index (χ1n) is 3.79. The number of rotatable bonds is 3. The van der Waals surface area contributed by atoms with E-state index in [1.54, 1.807) is 19.2 Å². The van der Waals surface area contributed by atoms with Gasteiger partial charge in [0.1, 0.15) is 12.4 Å². The monoisotopic (exact) mass is 169 g/mol. The first-order valence-corrected chi connectivity index (χ1v) is 3.79. The zero-order valence-corrected chi connectivity index (χ0v) is 6.97. The minimum Gasteiger partial charge on any atom is -0.508 e. The summed E-state index contributed by atoms with van der Waals surface area (Å²) in [6, 6.07) is 4.75. The average molecular weight is 169 g/mol. The van der Waals surface area contributed by atoms with Gasteiger partial charge in [-0.25, -0.2) is 4.39 Å². The molecule has 0 saturated carbocycles. The Morgan fingerprint density at radius 2 is 2.25 bits per heavy atom. The molecule has 0 aliphatic heterocycles. The molecule has 0 aliphatic carbocycles. The summed E-state index contributed by atoms with van der Waals surface area (Å²) in [5.74, 6) is 0.210. The molecule has 0 atom stereocenters. The zero-order chi connectivity index (χ0) is 8.97. The van der Waals surface area contributed by atoms with Gasteiger partial charge in [-0.05, 0) is 24.7 Å². The van der Waals surface area contributed by atoms with E-state index < -0.39 is 6.67 Å². The molecular formula is C9H12FNO. The summed E-state index contributed by atoms with van der Waals surface area (Å²) in [4.78, 5) is 0. The summed E-state index contributed by atoms with van der Waals surface area (Å²) in [6.07, 6.45) is 0. The van der Waals surface area contributed by atoms with Gasteiger partial charge in [0.25, 0.3) is 0 Å². The van der Waals surface area contributed by atoms with Crippen LogP contribution in [-0.4, -0.2) is 12.2 Å². The normalized spacial score (nSPS) is 10.2. The van der Waals surface area contributed by atoms with Crippen molar-refractivity contribution in [3.05, 3.63) is 29.3 Å². The molecule has 0 unspecified atom stereocenters. The number of hydrogen-bond acceptors (Lipinski definition) is 2. The van der Waals surface area contributed by atoms with Gasteiger partial charge >= 0.3 is 0 Å². The first kappa shape index (κ1) is 9.00. The quantitative estimate of drug-likeness (QED) is 0.720. The lowest BCUT2D eigenvalue weighted by Gasteiger charge is -2.04. The second-order valence-electron chi connectivity index (χ2n) is 2.63.